The fourth-order valence-corrected chi connectivity index (χ4v) is 1.20. The number of rotatable bonds is 4. The largest absolute Gasteiger partial charge is 0.418 e. The molecule has 0 fully saturated rings. The number of halogens is 3. The van der Waals surface area contributed by atoms with Crippen molar-refractivity contribution in [1.29, 1.82) is 0 Å². The highest BCUT2D eigenvalue weighted by atomic mass is 19.4. The maximum absolute atomic E-state index is 12.1. The Labute approximate surface area is 84.8 Å². The van der Waals surface area contributed by atoms with Crippen LogP contribution in [0.15, 0.2) is 18.5 Å². The summed E-state index contributed by atoms with van der Waals surface area (Å²) in [6, 6.07) is 1.22. The summed E-state index contributed by atoms with van der Waals surface area (Å²) in [5, 5.41) is 17.4. The van der Waals surface area contributed by atoms with Crippen LogP contribution in [0.4, 0.5) is 13.2 Å². The van der Waals surface area contributed by atoms with E-state index in [0.29, 0.717) is 13.0 Å². The molecule has 2 N–H and O–H groups in total. The number of hydrogen-bond acceptors (Lipinski definition) is 2. The number of hydrogen-bond donors (Lipinski definition) is 2. The number of aryl methyl sites for hydroxylation is 1. The summed E-state index contributed by atoms with van der Waals surface area (Å²) in [7, 11) is 0. The molecule has 0 saturated heterocycles. The third kappa shape index (κ3) is 3.24. The van der Waals surface area contributed by atoms with Gasteiger partial charge in [-0.15, -0.1) is 0 Å². The van der Waals surface area contributed by atoms with Crippen LogP contribution in [-0.4, -0.2) is 27.6 Å². The molecule has 0 amide bonds. The fourth-order valence-electron chi connectivity index (χ4n) is 1.20. The lowest BCUT2D eigenvalue weighted by Crippen LogP contribution is -2.19. The topological polar surface area (TPSA) is 45.4 Å². The van der Waals surface area contributed by atoms with Crippen LogP contribution >= 0.6 is 0 Å². The molecule has 1 unspecified atom stereocenters. The summed E-state index contributed by atoms with van der Waals surface area (Å²) >= 11 is 0. The minimum Gasteiger partial charge on any atom is -0.396 e. The smallest absolute Gasteiger partial charge is 0.396 e. The molecule has 0 aliphatic heterocycles. The van der Waals surface area contributed by atoms with Gasteiger partial charge in [-0.2, -0.15) is 13.2 Å². The second kappa shape index (κ2) is 4.67. The zero-order chi connectivity index (χ0) is 11.5. The summed E-state index contributed by atoms with van der Waals surface area (Å²) in [5.41, 5.74) is -0.180. The van der Waals surface area contributed by atoms with Crippen LogP contribution in [0.5, 0.6) is 0 Å². The van der Waals surface area contributed by atoms with Crippen molar-refractivity contribution in [1.82, 2.24) is 4.57 Å². The van der Waals surface area contributed by atoms with Crippen LogP contribution in [0, 0.1) is 0 Å². The van der Waals surface area contributed by atoms with Gasteiger partial charge in [0.15, 0.2) is 6.10 Å². The average molecular weight is 223 g/mol. The molecule has 86 valence electrons. The average Bonchev–Trinajstić information content (AvgIpc) is 2.60. The predicted octanol–water partition coefficient (Wildman–Crippen LogP) is 1.47. The van der Waals surface area contributed by atoms with Crippen LogP contribution < -0.4 is 0 Å². The number of nitrogens with zero attached hydrogens (tertiary/aromatic N) is 1. The van der Waals surface area contributed by atoms with Gasteiger partial charge in [-0.25, -0.2) is 0 Å². The Morgan fingerprint density at radius 2 is 2.07 bits per heavy atom. The minimum atomic E-state index is -4.64. The van der Waals surface area contributed by atoms with Gasteiger partial charge in [-0.05, 0) is 12.5 Å². The summed E-state index contributed by atoms with van der Waals surface area (Å²) < 4.78 is 37.8. The monoisotopic (exact) mass is 223 g/mol. The maximum atomic E-state index is 12.1. The normalized spacial score (nSPS) is 14.2. The SMILES string of the molecule is OCCCn1ccc(C(O)C(F)(F)F)c1. The molecule has 3 nitrogen and oxygen atoms in total. The quantitative estimate of drug-likeness (QED) is 0.811. The third-order valence-corrected chi connectivity index (χ3v) is 1.97. The first-order chi connectivity index (χ1) is 6.95. The summed E-state index contributed by atoms with van der Waals surface area (Å²) in [4.78, 5) is 0. The first kappa shape index (κ1) is 12.1. The van der Waals surface area contributed by atoms with Crippen LogP contribution in [0.25, 0.3) is 0 Å². The molecule has 6 heteroatoms. The van der Waals surface area contributed by atoms with Gasteiger partial charge in [0.1, 0.15) is 0 Å². The predicted molar refractivity (Wildman–Crippen MR) is 47.1 cm³/mol. The van der Waals surface area contributed by atoms with E-state index < -0.39 is 12.3 Å². The van der Waals surface area contributed by atoms with Crippen molar-refractivity contribution in [2.24, 2.45) is 0 Å². The van der Waals surface area contributed by atoms with Crippen LogP contribution in [0.2, 0.25) is 0 Å². The molecule has 1 aromatic rings. The van der Waals surface area contributed by atoms with Crippen molar-refractivity contribution in [2.45, 2.75) is 25.2 Å². The molecule has 0 aromatic carbocycles. The van der Waals surface area contributed by atoms with Crippen molar-refractivity contribution < 1.29 is 23.4 Å². The molecule has 0 aliphatic carbocycles. The molecule has 15 heavy (non-hydrogen) atoms. The van der Waals surface area contributed by atoms with Crippen LogP contribution in [-0.2, 0) is 6.54 Å². The van der Waals surface area contributed by atoms with E-state index in [1.165, 1.54) is 23.0 Å². The lowest BCUT2D eigenvalue weighted by Gasteiger charge is -2.12. The van der Waals surface area contributed by atoms with Gasteiger partial charge in [0.25, 0.3) is 0 Å². The zero-order valence-electron chi connectivity index (χ0n) is 7.91. The van der Waals surface area contributed by atoms with E-state index in [4.69, 9.17) is 10.2 Å². The first-order valence-corrected chi connectivity index (χ1v) is 4.46. The van der Waals surface area contributed by atoms with Crippen molar-refractivity contribution >= 4 is 0 Å². The Morgan fingerprint density at radius 3 is 2.60 bits per heavy atom. The second-order valence-corrected chi connectivity index (χ2v) is 3.20. The van der Waals surface area contributed by atoms with Gasteiger partial charge >= 0.3 is 6.18 Å². The fraction of sp³-hybridized carbons (Fsp3) is 0.556. The number of alkyl halides is 3. The molecular formula is C9H12F3NO2. The highest BCUT2D eigenvalue weighted by Crippen LogP contribution is 2.32. The molecule has 0 spiro atoms. The summed E-state index contributed by atoms with van der Waals surface area (Å²) in [6.45, 7) is 0.413. The number of aromatic nitrogens is 1. The van der Waals surface area contributed by atoms with Gasteiger partial charge in [0.2, 0.25) is 0 Å². The lowest BCUT2D eigenvalue weighted by molar-refractivity contribution is -0.206. The first-order valence-electron chi connectivity index (χ1n) is 4.46. The molecule has 1 rings (SSSR count). The zero-order valence-corrected chi connectivity index (χ0v) is 7.91. The second-order valence-electron chi connectivity index (χ2n) is 3.20. The van der Waals surface area contributed by atoms with E-state index in [0.717, 1.165) is 0 Å². The van der Waals surface area contributed by atoms with Crippen molar-refractivity contribution in [2.75, 3.05) is 6.61 Å². The standard InChI is InChI=1S/C9H12F3NO2/c10-9(11,12)8(15)7-2-4-13(6-7)3-1-5-14/h2,4,6,8,14-15H,1,3,5H2. The molecule has 0 saturated carbocycles. The Balaban J connectivity index is 2.67. The molecule has 1 atom stereocenters. The molecule has 0 bridgehead atoms. The van der Waals surface area contributed by atoms with E-state index >= 15 is 0 Å². The highest BCUT2D eigenvalue weighted by molar-refractivity contribution is 5.15. The number of aliphatic hydroxyl groups excluding tert-OH is 2. The van der Waals surface area contributed by atoms with Crippen LogP contribution in [0.3, 0.4) is 0 Å². The van der Waals surface area contributed by atoms with Crippen LogP contribution in [0.1, 0.15) is 18.1 Å². The van der Waals surface area contributed by atoms with Gasteiger partial charge in [-0.1, -0.05) is 0 Å². The highest BCUT2D eigenvalue weighted by Gasteiger charge is 2.39. The van der Waals surface area contributed by atoms with E-state index in [-0.39, 0.29) is 12.2 Å². The maximum Gasteiger partial charge on any atom is 0.418 e. The molecule has 0 aliphatic rings. The Morgan fingerprint density at radius 1 is 1.40 bits per heavy atom. The van der Waals surface area contributed by atoms with Crippen molar-refractivity contribution in [3.63, 3.8) is 0 Å². The van der Waals surface area contributed by atoms with Crippen molar-refractivity contribution in [3.8, 4) is 0 Å². The van der Waals surface area contributed by atoms with E-state index in [1.54, 1.807) is 0 Å². The Hall–Kier alpha value is -1.01. The third-order valence-electron chi connectivity index (χ3n) is 1.97. The van der Waals surface area contributed by atoms with Gasteiger partial charge < -0.3 is 14.8 Å². The molecule has 1 aromatic heterocycles. The summed E-state index contributed by atoms with van der Waals surface area (Å²) in [5.74, 6) is 0. The van der Waals surface area contributed by atoms with E-state index in [1.807, 2.05) is 0 Å². The van der Waals surface area contributed by atoms with Gasteiger partial charge in [0.05, 0.1) is 0 Å². The van der Waals surface area contributed by atoms with Crippen molar-refractivity contribution in [3.05, 3.63) is 24.0 Å². The van der Waals surface area contributed by atoms with E-state index in [2.05, 4.69) is 0 Å². The molecular weight excluding hydrogens is 211 g/mol. The molecule has 0 radical (unpaired) electrons. The number of aliphatic hydroxyl groups is 2. The lowest BCUT2D eigenvalue weighted by atomic mass is 10.2. The van der Waals surface area contributed by atoms with Gasteiger partial charge in [-0.3, -0.25) is 0 Å². The van der Waals surface area contributed by atoms with Gasteiger partial charge in [0, 0.05) is 31.1 Å². The Bertz CT molecular complexity index is 309. The van der Waals surface area contributed by atoms with E-state index in [9.17, 15) is 13.2 Å². The minimum absolute atomic E-state index is 0.0185. The molecule has 1 heterocycles. The Kier molecular flexibility index (Phi) is 3.76. The summed E-state index contributed by atoms with van der Waals surface area (Å²) in [6.07, 6.45) is -3.93.